The number of hydrogen-bond acceptors (Lipinski definition) is 6. The lowest BCUT2D eigenvalue weighted by Gasteiger charge is -2.18. The lowest BCUT2D eigenvalue weighted by atomic mass is 10.2. The van der Waals surface area contributed by atoms with Crippen molar-refractivity contribution in [3.63, 3.8) is 0 Å². The Morgan fingerprint density at radius 1 is 1.50 bits per heavy atom. The molecule has 0 aliphatic rings. The molecule has 6 nitrogen and oxygen atoms in total. The fourth-order valence-electron chi connectivity index (χ4n) is 0.800. The number of carbonyl (C=O) groups excluding carboxylic acids is 1. The minimum Gasteiger partial charge on any atom is -0.455 e. The zero-order valence-electron chi connectivity index (χ0n) is 8.85. The molecule has 16 heavy (non-hydrogen) atoms. The second-order valence-electron chi connectivity index (χ2n) is 3.97. The largest absolute Gasteiger partial charge is 0.455 e. The lowest BCUT2D eigenvalue weighted by molar-refractivity contribution is 0.00585. The molecule has 0 saturated heterocycles. The third kappa shape index (κ3) is 3.49. The Hall–Kier alpha value is -1.08. The highest BCUT2D eigenvalue weighted by Gasteiger charge is 2.24. The van der Waals surface area contributed by atoms with Crippen molar-refractivity contribution in [1.29, 1.82) is 0 Å². The molecule has 0 aromatic carbocycles. The van der Waals surface area contributed by atoms with E-state index in [0.29, 0.717) is 0 Å². The highest BCUT2D eigenvalue weighted by Crippen LogP contribution is 2.17. The molecule has 0 aliphatic carbocycles. The van der Waals surface area contributed by atoms with Gasteiger partial charge in [-0.25, -0.2) is 13.2 Å². The summed E-state index contributed by atoms with van der Waals surface area (Å²) in [5.74, 6) is -0.775. The van der Waals surface area contributed by atoms with Gasteiger partial charge in [0.2, 0.25) is 0 Å². The number of ether oxygens (including phenoxy) is 1. The topological polar surface area (TPSA) is 86.5 Å². The normalized spacial score (nSPS) is 12.5. The molecule has 0 radical (unpaired) electrons. The molecule has 0 N–H and O–H groups in total. The van der Waals surface area contributed by atoms with Crippen molar-refractivity contribution in [2.24, 2.45) is 0 Å². The van der Waals surface area contributed by atoms with Crippen LogP contribution in [-0.4, -0.2) is 25.1 Å². The van der Waals surface area contributed by atoms with Crippen LogP contribution in [-0.2, 0) is 13.8 Å². The third-order valence-corrected chi connectivity index (χ3v) is 2.47. The molecular weight excluding hydrogens is 258 g/mol. The molecule has 1 heterocycles. The van der Waals surface area contributed by atoms with Gasteiger partial charge < -0.3 is 9.26 Å². The van der Waals surface area contributed by atoms with Crippen molar-refractivity contribution in [2.75, 3.05) is 0 Å². The summed E-state index contributed by atoms with van der Waals surface area (Å²) in [6, 6.07) is 0.913. The van der Waals surface area contributed by atoms with Gasteiger partial charge in [-0.15, -0.1) is 0 Å². The maximum Gasteiger partial charge on any atom is 0.361 e. The molecule has 1 aromatic rings. The quantitative estimate of drug-likeness (QED) is 0.597. The Balaban J connectivity index is 2.92. The zero-order chi connectivity index (χ0) is 12.6. The van der Waals surface area contributed by atoms with Crippen molar-refractivity contribution in [1.82, 2.24) is 5.16 Å². The molecule has 0 atom stereocenters. The van der Waals surface area contributed by atoms with Crippen LogP contribution in [0, 0.1) is 0 Å². The smallest absolute Gasteiger partial charge is 0.361 e. The first kappa shape index (κ1) is 13.0. The zero-order valence-corrected chi connectivity index (χ0v) is 10.4. The number of halogens is 1. The number of hydrogen-bond donors (Lipinski definition) is 0. The average molecular weight is 268 g/mol. The Kier molecular flexibility index (Phi) is 3.30. The molecule has 0 spiro atoms. The minimum absolute atomic E-state index is 0.242. The number of esters is 1. The summed E-state index contributed by atoms with van der Waals surface area (Å²) in [6.07, 6.45) is 0. The summed E-state index contributed by atoms with van der Waals surface area (Å²) in [6.45, 7) is 5.01. The van der Waals surface area contributed by atoms with Crippen molar-refractivity contribution < 1.29 is 22.5 Å². The van der Waals surface area contributed by atoms with E-state index >= 15 is 0 Å². The molecule has 0 amide bonds. The first-order valence-electron chi connectivity index (χ1n) is 4.24. The van der Waals surface area contributed by atoms with Crippen LogP contribution in [0.1, 0.15) is 31.3 Å². The fourth-order valence-corrected chi connectivity index (χ4v) is 1.40. The van der Waals surface area contributed by atoms with Crippen LogP contribution in [0.25, 0.3) is 0 Å². The summed E-state index contributed by atoms with van der Waals surface area (Å²) in [5.41, 5.74) is -0.940. The SMILES string of the molecule is CC(C)(C)OC(=O)c1cc(S(=O)(=O)Cl)on1. The summed E-state index contributed by atoms with van der Waals surface area (Å²) < 4.78 is 31.0. The highest BCUT2D eigenvalue weighted by atomic mass is 35.7. The number of rotatable bonds is 2. The van der Waals surface area contributed by atoms with E-state index in [2.05, 4.69) is 9.68 Å². The van der Waals surface area contributed by atoms with Gasteiger partial charge in [-0.1, -0.05) is 5.16 Å². The molecule has 1 rings (SSSR count). The van der Waals surface area contributed by atoms with Crippen LogP contribution in [0.4, 0.5) is 0 Å². The predicted octanol–water partition coefficient (Wildman–Crippen LogP) is 1.56. The minimum atomic E-state index is -4.02. The first-order chi connectivity index (χ1) is 7.09. The maximum atomic E-state index is 11.4. The van der Waals surface area contributed by atoms with E-state index in [1.807, 2.05) is 0 Å². The molecule has 0 bridgehead atoms. The Morgan fingerprint density at radius 3 is 2.44 bits per heavy atom. The predicted molar refractivity (Wildman–Crippen MR) is 54.7 cm³/mol. The Labute approximate surface area is 96.9 Å². The second-order valence-corrected chi connectivity index (χ2v) is 6.47. The Morgan fingerprint density at radius 2 is 2.06 bits per heavy atom. The molecule has 0 saturated carbocycles. The second kappa shape index (κ2) is 4.06. The molecular formula is C8H10ClNO5S. The summed E-state index contributed by atoms with van der Waals surface area (Å²) in [7, 11) is 0.972. The molecule has 0 unspecified atom stereocenters. The monoisotopic (exact) mass is 267 g/mol. The van der Waals surface area contributed by atoms with Gasteiger partial charge in [-0.2, -0.15) is 0 Å². The van der Waals surface area contributed by atoms with Crippen LogP contribution in [0.3, 0.4) is 0 Å². The van der Waals surface area contributed by atoms with E-state index in [-0.39, 0.29) is 5.69 Å². The van der Waals surface area contributed by atoms with Gasteiger partial charge in [-0.3, -0.25) is 0 Å². The average Bonchev–Trinajstić information content (AvgIpc) is 2.46. The van der Waals surface area contributed by atoms with Crippen molar-refractivity contribution in [3.05, 3.63) is 11.8 Å². The van der Waals surface area contributed by atoms with Gasteiger partial charge in [0.1, 0.15) is 5.60 Å². The molecule has 8 heteroatoms. The molecule has 1 aromatic heterocycles. The fraction of sp³-hybridized carbons (Fsp3) is 0.500. The van der Waals surface area contributed by atoms with Crippen molar-refractivity contribution in [3.8, 4) is 0 Å². The van der Waals surface area contributed by atoms with E-state index in [1.165, 1.54) is 0 Å². The lowest BCUT2D eigenvalue weighted by Crippen LogP contribution is -2.24. The van der Waals surface area contributed by atoms with E-state index < -0.39 is 25.7 Å². The van der Waals surface area contributed by atoms with E-state index in [1.54, 1.807) is 20.8 Å². The summed E-state index contributed by atoms with van der Waals surface area (Å²) >= 11 is 0. The standard InChI is InChI=1S/C8H10ClNO5S/c1-8(2,3)14-7(11)5-4-6(15-10-5)16(9,12)13/h4H,1-3H3. The first-order valence-corrected chi connectivity index (χ1v) is 6.55. The van der Waals surface area contributed by atoms with Gasteiger partial charge >= 0.3 is 5.97 Å². The van der Waals surface area contributed by atoms with Crippen molar-refractivity contribution in [2.45, 2.75) is 31.5 Å². The van der Waals surface area contributed by atoms with Crippen LogP contribution in [0.2, 0.25) is 0 Å². The van der Waals surface area contributed by atoms with Gasteiger partial charge in [-0.05, 0) is 20.8 Å². The van der Waals surface area contributed by atoms with Gasteiger partial charge in [0.05, 0.1) is 0 Å². The number of nitrogens with zero attached hydrogens (tertiary/aromatic N) is 1. The Bertz CT molecular complexity index is 499. The van der Waals surface area contributed by atoms with Gasteiger partial charge in [0.15, 0.2) is 5.69 Å². The number of aromatic nitrogens is 1. The summed E-state index contributed by atoms with van der Waals surface area (Å²) in [5, 5.41) is 2.67. The van der Waals surface area contributed by atoms with E-state index in [4.69, 9.17) is 15.4 Å². The molecule has 0 aliphatic heterocycles. The van der Waals surface area contributed by atoms with E-state index in [0.717, 1.165) is 6.07 Å². The van der Waals surface area contributed by atoms with Crippen LogP contribution in [0.15, 0.2) is 15.7 Å². The van der Waals surface area contributed by atoms with Gasteiger partial charge in [0, 0.05) is 16.7 Å². The number of carbonyl (C=O) groups is 1. The van der Waals surface area contributed by atoms with Gasteiger partial charge in [0.25, 0.3) is 14.1 Å². The van der Waals surface area contributed by atoms with Crippen LogP contribution in [0.5, 0.6) is 0 Å². The van der Waals surface area contributed by atoms with Crippen LogP contribution >= 0.6 is 10.7 Å². The molecule has 90 valence electrons. The third-order valence-electron chi connectivity index (χ3n) is 1.34. The summed E-state index contributed by atoms with van der Waals surface area (Å²) in [4.78, 5) is 11.4. The van der Waals surface area contributed by atoms with E-state index in [9.17, 15) is 13.2 Å². The van der Waals surface area contributed by atoms with Crippen LogP contribution < -0.4 is 0 Å². The maximum absolute atomic E-state index is 11.4. The highest BCUT2D eigenvalue weighted by molar-refractivity contribution is 8.13. The van der Waals surface area contributed by atoms with Crippen molar-refractivity contribution >= 4 is 25.7 Å². The molecule has 0 fully saturated rings.